The Morgan fingerprint density at radius 1 is 1.09 bits per heavy atom. The third-order valence-electron chi connectivity index (χ3n) is 3.85. The molecular formula is C18H29N3O2. The molecule has 0 radical (unpaired) electrons. The zero-order valence-electron chi connectivity index (χ0n) is 14.6. The van der Waals surface area contributed by atoms with E-state index in [1.54, 1.807) is 0 Å². The quantitative estimate of drug-likeness (QED) is 0.688. The predicted molar refractivity (Wildman–Crippen MR) is 92.9 cm³/mol. The van der Waals surface area contributed by atoms with E-state index in [4.69, 9.17) is 5.73 Å². The van der Waals surface area contributed by atoms with Crippen LogP contribution in [0.2, 0.25) is 0 Å². The highest BCUT2D eigenvalue weighted by molar-refractivity contribution is 5.79. The Balaban J connectivity index is 2.69. The summed E-state index contributed by atoms with van der Waals surface area (Å²) in [5, 5.41) is 5.67. The van der Waals surface area contributed by atoms with Gasteiger partial charge in [-0.1, -0.05) is 38.1 Å². The molecule has 1 aromatic rings. The molecule has 1 rings (SSSR count). The Morgan fingerprint density at radius 2 is 1.74 bits per heavy atom. The standard InChI is InChI=1S/C18H29N3O2/c1-12(2)9-10-14(4)20-17(22)11-16(21-18(19)23)15-8-6-5-7-13(15)3/h5-8,12,14,16H,9-11H2,1-4H3,(H,20,22)(H3,19,21,23)/t14-,16-/m0/s1. The summed E-state index contributed by atoms with van der Waals surface area (Å²) >= 11 is 0. The van der Waals surface area contributed by atoms with Crippen molar-refractivity contribution in [1.82, 2.24) is 10.6 Å². The van der Waals surface area contributed by atoms with E-state index in [0.717, 1.165) is 24.0 Å². The molecule has 0 bridgehead atoms. The molecule has 0 spiro atoms. The van der Waals surface area contributed by atoms with Gasteiger partial charge in [-0.15, -0.1) is 0 Å². The maximum Gasteiger partial charge on any atom is 0.312 e. The number of nitrogens with two attached hydrogens (primary N) is 1. The Hall–Kier alpha value is -2.04. The van der Waals surface area contributed by atoms with Gasteiger partial charge in [0.15, 0.2) is 0 Å². The van der Waals surface area contributed by atoms with Gasteiger partial charge in [0.05, 0.1) is 12.5 Å². The van der Waals surface area contributed by atoms with Crippen molar-refractivity contribution < 1.29 is 9.59 Å². The van der Waals surface area contributed by atoms with Crippen LogP contribution in [-0.4, -0.2) is 18.0 Å². The van der Waals surface area contributed by atoms with Crippen LogP contribution in [-0.2, 0) is 4.79 Å². The highest BCUT2D eigenvalue weighted by Crippen LogP contribution is 2.20. The summed E-state index contributed by atoms with van der Waals surface area (Å²) in [7, 11) is 0. The third kappa shape index (κ3) is 7.17. The van der Waals surface area contributed by atoms with Crippen LogP contribution >= 0.6 is 0 Å². The smallest absolute Gasteiger partial charge is 0.312 e. The van der Waals surface area contributed by atoms with Gasteiger partial charge in [-0.05, 0) is 43.7 Å². The molecule has 1 aromatic carbocycles. The first-order valence-corrected chi connectivity index (χ1v) is 8.20. The molecule has 0 aromatic heterocycles. The molecule has 5 nitrogen and oxygen atoms in total. The monoisotopic (exact) mass is 319 g/mol. The molecule has 3 amide bonds. The number of carbonyl (C=O) groups excluding carboxylic acids is 2. The molecule has 0 aliphatic carbocycles. The predicted octanol–water partition coefficient (Wildman–Crippen LogP) is 3.04. The maximum atomic E-state index is 12.3. The fourth-order valence-corrected chi connectivity index (χ4v) is 2.56. The molecule has 128 valence electrons. The lowest BCUT2D eigenvalue weighted by Crippen LogP contribution is -2.39. The molecule has 0 aliphatic heterocycles. The number of primary amides is 1. The Kier molecular flexibility index (Phi) is 7.59. The van der Waals surface area contributed by atoms with E-state index >= 15 is 0 Å². The second kappa shape index (κ2) is 9.18. The first-order valence-electron chi connectivity index (χ1n) is 8.20. The largest absolute Gasteiger partial charge is 0.354 e. The van der Waals surface area contributed by atoms with Crippen molar-refractivity contribution >= 4 is 11.9 Å². The van der Waals surface area contributed by atoms with Crippen LogP contribution in [0.5, 0.6) is 0 Å². The zero-order valence-corrected chi connectivity index (χ0v) is 14.6. The van der Waals surface area contributed by atoms with Gasteiger partial charge in [-0.25, -0.2) is 4.79 Å². The minimum Gasteiger partial charge on any atom is -0.354 e. The van der Waals surface area contributed by atoms with E-state index < -0.39 is 12.1 Å². The average molecular weight is 319 g/mol. The number of amides is 3. The maximum absolute atomic E-state index is 12.3. The van der Waals surface area contributed by atoms with E-state index in [2.05, 4.69) is 24.5 Å². The summed E-state index contributed by atoms with van der Waals surface area (Å²) in [6, 6.07) is 6.76. The number of aryl methyl sites for hydroxylation is 1. The summed E-state index contributed by atoms with van der Waals surface area (Å²) < 4.78 is 0. The highest BCUT2D eigenvalue weighted by Gasteiger charge is 2.19. The molecular weight excluding hydrogens is 290 g/mol. The van der Waals surface area contributed by atoms with Gasteiger partial charge in [-0.3, -0.25) is 4.79 Å². The number of urea groups is 1. The summed E-state index contributed by atoms with van der Waals surface area (Å²) in [4.78, 5) is 23.5. The molecule has 0 heterocycles. The number of rotatable bonds is 8. The van der Waals surface area contributed by atoms with Crippen molar-refractivity contribution in [2.75, 3.05) is 0 Å². The van der Waals surface area contributed by atoms with Gasteiger partial charge in [0, 0.05) is 6.04 Å². The molecule has 0 saturated carbocycles. The third-order valence-corrected chi connectivity index (χ3v) is 3.85. The molecule has 0 saturated heterocycles. The van der Waals surface area contributed by atoms with E-state index in [1.807, 2.05) is 38.1 Å². The van der Waals surface area contributed by atoms with Crippen LogP contribution in [0.25, 0.3) is 0 Å². The van der Waals surface area contributed by atoms with Crippen molar-refractivity contribution in [1.29, 1.82) is 0 Å². The van der Waals surface area contributed by atoms with Crippen molar-refractivity contribution in [2.45, 2.75) is 59.0 Å². The molecule has 4 N–H and O–H groups in total. The second-order valence-corrected chi connectivity index (χ2v) is 6.56. The van der Waals surface area contributed by atoms with Gasteiger partial charge in [-0.2, -0.15) is 0 Å². The van der Waals surface area contributed by atoms with E-state index in [1.165, 1.54) is 0 Å². The minimum atomic E-state index is -0.626. The summed E-state index contributed by atoms with van der Waals surface area (Å²) in [5.74, 6) is 0.536. The number of carbonyl (C=O) groups is 2. The summed E-state index contributed by atoms with van der Waals surface area (Å²) in [5.41, 5.74) is 7.19. The average Bonchev–Trinajstić information content (AvgIpc) is 2.44. The van der Waals surface area contributed by atoms with Crippen LogP contribution < -0.4 is 16.4 Å². The lowest BCUT2D eigenvalue weighted by atomic mass is 9.98. The van der Waals surface area contributed by atoms with Crippen molar-refractivity contribution in [3.8, 4) is 0 Å². The van der Waals surface area contributed by atoms with Crippen LogP contribution in [0.15, 0.2) is 24.3 Å². The fourth-order valence-electron chi connectivity index (χ4n) is 2.56. The molecule has 2 atom stereocenters. The minimum absolute atomic E-state index is 0.0803. The lowest BCUT2D eigenvalue weighted by molar-refractivity contribution is -0.122. The van der Waals surface area contributed by atoms with Crippen molar-refractivity contribution in [3.63, 3.8) is 0 Å². The first kappa shape index (κ1) is 19.0. The van der Waals surface area contributed by atoms with Gasteiger partial charge >= 0.3 is 6.03 Å². The van der Waals surface area contributed by atoms with Crippen LogP contribution in [0.1, 0.15) is 57.2 Å². The Labute approximate surface area is 139 Å². The van der Waals surface area contributed by atoms with E-state index in [-0.39, 0.29) is 18.4 Å². The van der Waals surface area contributed by atoms with Gasteiger partial charge in [0.2, 0.25) is 5.91 Å². The highest BCUT2D eigenvalue weighted by atomic mass is 16.2. The zero-order chi connectivity index (χ0) is 17.4. The summed E-state index contributed by atoms with van der Waals surface area (Å²) in [6.45, 7) is 8.29. The Morgan fingerprint density at radius 3 is 2.30 bits per heavy atom. The molecule has 0 unspecified atom stereocenters. The topological polar surface area (TPSA) is 84.2 Å². The first-order chi connectivity index (χ1) is 10.8. The van der Waals surface area contributed by atoms with Gasteiger partial charge in [0.1, 0.15) is 0 Å². The fraction of sp³-hybridized carbons (Fsp3) is 0.556. The SMILES string of the molecule is Cc1ccccc1[C@H](CC(=O)N[C@@H](C)CCC(C)C)NC(N)=O. The molecule has 0 fully saturated rings. The lowest BCUT2D eigenvalue weighted by Gasteiger charge is -2.21. The van der Waals surface area contributed by atoms with Crippen LogP contribution in [0, 0.1) is 12.8 Å². The van der Waals surface area contributed by atoms with Crippen LogP contribution in [0.3, 0.4) is 0 Å². The van der Waals surface area contributed by atoms with E-state index in [0.29, 0.717) is 5.92 Å². The van der Waals surface area contributed by atoms with Crippen molar-refractivity contribution in [3.05, 3.63) is 35.4 Å². The van der Waals surface area contributed by atoms with Crippen molar-refractivity contribution in [2.24, 2.45) is 11.7 Å². The summed E-state index contributed by atoms with van der Waals surface area (Å²) in [6.07, 6.45) is 2.20. The molecule has 0 aliphatic rings. The second-order valence-electron chi connectivity index (χ2n) is 6.56. The number of hydrogen-bond donors (Lipinski definition) is 3. The molecule has 5 heteroatoms. The van der Waals surface area contributed by atoms with Gasteiger partial charge in [0.25, 0.3) is 0 Å². The number of benzene rings is 1. The normalized spacial score (nSPS) is 13.4. The molecule has 23 heavy (non-hydrogen) atoms. The van der Waals surface area contributed by atoms with Crippen LogP contribution in [0.4, 0.5) is 4.79 Å². The van der Waals surface area contributed by atoms with E-state index in [9.17, 15) is 9.59 Å². The number of hydrogen-bond acceptors (Lipinski definition) is 2. The number of nitrogens with one attached hydrogen (secondary N) is 2. The Bertz CT molecular complexity index is 529. The van der Waals surface area contributed by atoms with Gasteiger partial charge < -0.3 is 16.4 Å².